The Kier molecular flexibility index (Phi) is 4.45. The number of pyridine rings is 1. The van der Waals surface area contributed by atoms with Gasteiger partial charge in [0.05, 0.1) is 21.8 Å². The Labute approximate surface area is 134 Å². The molecule has 0 atom stereocenters. The van der Waals surface area contributed by atoms with Crippen LogP contribution in [0.3, 0.4) is 0 Å². The smallest absolute Gasteiger partial charge is 0.459 e. The zero-order valence-corrected chi connectivity index (χ0v) is 13.8. The van der Waals surface area contributed by atoms with Gasteiger partial charge in [-0.3, -0.25) is 19.9 Å². The van der Waals surface area contributed by atoms with Gasteiger partial charge in [0.25, 0.3) is 5.69 Å². The van der Waals surface area contributed by atoms with Gasteiger partial charge >= 0.3 is 13.1 Å². The molecule has 1 aliphatic rings. The van der Waals surface area contributed by atoms with E-state index in [-0.39, 0.29) is 12.3 Å². The zero-order chi connectivity index (χ0) is 17.4. The summed E-state index contributed by atoms with van der Waals surface area (Å²) in [5.74, 6) is -0.468. The average Bonchev–Trinajstić information content (AvgIpc) is 2.64. The number of nitrogens with zero attached hydrogens (tertiary/aromatic N) is 2. The fraction of sp³-hybridized carbons (Fsp3) is 0.571. The van der Waals surface area contributed by atoms with Crippen LogP contribution in [0.25, 0.3) is 0 Å². The summed E-state index contributed by atoms with van der Waals surface area (Å²) in [7, 11) is -0.821. The van der Waals surface area contributed by atoms with E-state index in [0.717, 1.165) is 6.20 Å². The molecule has 0 N–H and O–H groups in total. The summed E-state index contributed by atoms with van der Waals surface area (Å²) in [4.78, 5) is 25.5. The molecule has 0 unspecified atom stereocenters. The monoisotopic (exact) mass is 322 g/mol. The molecule has 2 rings (SSSR count). The average molecular weight is 322 g/mol. The second-order valence-corrected chi connectivity index (χ2v) is 6.36. The Morgan fingerprint density at radius 3 is 2.39 bits per heavy atom. The molecule has 0 bridgehead atoms. The first-order valence-corrected chi connectivity index (χ1v) is 7.16. The maximum atomic E-state index is 11.0. The first-order valence-electron chi connectivity index (χ1n) is 7.16. The predicted octanol–water partition coefficient (Wildman–Crippen LogP) is 1.35. The van der Waals surface area contributed by atoms with Crippen LogP contribution in [0.2, 0.25) is 0 Å². The molecular formula is C14H19BN2O6. The minimum atomic E-state index is -0.821. The molecule has 9 heteroatoms. The molecule has 8 nitrogen and oxygen atoms in total. The number of rotatable bonds is 4. The number of carbonyl (C=O) groups excluding carboxylic acids is 1. The van der Waals surface area contributed by atoms with E-state index in [4.69, 9.17) is 14.0 Å². The highest BCUT2D eigenvalue weighted by atomic mass is 16.7. The van der Waals surface area contributed by atoms with Crippen molar-refractivity contribution in [2.24, 2.45) is 0 Å². The fourth-order valence-corrected chi connectivity index (χ4v) is 2.06. The fourth-order valence-electron chi connectivity index (χ4n) is 2.06. The van der Waals surface area contributed by atoms with Gasteiger partial charge in [0.1, 0.15) is 12.8 Å². The van der Waals surface area contributed by atoms with Crippen LogP contribution in [0, 0.1) is 10.1 Å². The van der Waals surface area contributed by atoms with E-state index in [9.17, 15) is 14.9 Å². The Morgan fingerprint density at radius 2 is 1.91 bits per heavy atom. The number of nitro groups is 1. The van der Waals surface area contributed by atoms with Crippen molar-refractivity contribution in [2.75, 3.05) is 0 Å². The molecule has 0 aliphatic carbocycles. The van der Waals surface area contributed by atoms with Crippen LogP contribution in [0.15, 0.2) is 12.3 Å². The third kappa shape index (κ3) is 3.51. The molecular weight excluding hydrogens is 303 g/mol. The van der Waals surface area contributed by atoms with Crippen molar-refractivity contribution in [3.8, 4) is 0 Å². The van der Waals surface area contributed by atoms with Gasteiger partial charge in [-0.1, -0.05) is 0 Å². The van der Waals surface area contributed by atoms with Crippen molar-refractivity contribution in [1.29, 1.82) is 0 Å². The largest absolute Gasteiger partial charge is 0.497 e. The normalized spacial score (nSPS) is 18.7. The quantitative estimate of drug-likeness (QED) is 0.357. The molecule has 0 amide bonds. The Morgan fingerprint density at radius 1 is 1.35 bits per heavy atom. The maximum Gasteiger partial charge on any atom is 0.497 e. The van der Waals surface area contributed by atoms with Crippen molar-refractivity contribution in [1.82, 2.24) is 4.98 Å². The van der Waals surface area contributed by atoms with Crippen LogP contribution >= 0.6 is 0 Å². The number of hydrogen-bond acceptors (Lipinski definition) is 7. The molecule has 0 radical (unpaired) electrons. The van der Waals surface area contributed by atoms with E-state index in [1.165, 1.54) is 13.0 Å². The van der Waals surface area contributed by atoms with Crippen LogP contribution in [-0.4, -0.2) is 34.2 Å². The molecule has 1 aromatic heterocycles. The van der Waals surface area contributed by atoms with Crippen molar-refractivity contribution in [2.45, 2.75) is 52.4 Å². The lowest BCUT2D eigenvalue weighted by Gasteiger charge is -2.32. The summed E-state index contributed by atoms with van der Waals surface area (Å²) in [6.07, 6.45) is 1.12. The Balaban J connectivity index is 2.40. The second kappa shape index (κ2) is 5.90. The SMILES string of the molecule is CC(=O)OCc1ncc([N+](=O)[O-])cc1B1OC(C)(C)C(C)(C)O1. The highest BCUT2D eigenvalue weighted by molar-refractivity contribution is 6.62. The van der Waals surface area contributed by atoms with Gasteiger partial charge < -0.3 is 14.0 Å². The minimum Gasteiger partial charge on any atom is -0.459 e. The van der Waals surface area contributed by atoms with Gasteiger partial charge in [-0.25, -0.2) is 0 Å². The van der Waals surface area contributed by atoms with Gasteiger partial charge in [-0.05, 0) is 27.7 Å². The summed E-state index contributed by atoms with van der Waals surface area (Å²) in [6, 6.07) is 1.34. The van der Waals surface area contributed by atoms with Crippen LogP contribution < -0.4 is 5.46 Å². The third-order valence-corrected chi connectivity index (χ3v) is 4.12. The number of carbonyl (C=O) groups is 1. The predicted molar refractivity (Wildman–Crippen MR) is 82.1 cm³/mol. The standard InChI is InChI=1S/C14H19BN2O6/c1-9(18)21-8-12-11(6-10(7-16-12)17(19)20)15-22-13(2,3)14(4,5)23-15/h6-7H,8H2,1-5H3. The Bertz CT molecular complexity index is 630. The highest BCUT2D eigenvalue weighted by Gasteiger charge is 2.52. The lowest BCUT2D eigenvalue weighted by atomic mass is 9.77. The Hall–Kier alpha value is -2.00. The lowest BCUT2D eigenvalue weighted by Crippen LogP contribution is -2.41. The van der Waals surface area contributed by atoms with Crippen molar-refractivity contribution in [3.05, 3.63) is 28.1 Å². The third-order valence-electron chi connectivity index (χ3n) is 4.12. The van der Waals surface area contributed by atoms with E-state index in [1.807, 2.05) is 27.7 Å². The lowest BCUT2D eigenvalue weighted by molar-refractivity contribution is -0.385. The van der Waals surface area contributed by atoms with Crippen LogP contribution in [-0.2, 0) is 25.4 Å². The van der Waals surface area contributed by atoms with Gasteiger partial charge in [0, 0.05) is 18.5 Å². The van der Waals surface area contributed by atoms with Crippen LogP contribution in [0.1, 0.15) is 40.3 Å². The first kappa shape index (κ1) is 17.4. The topological polar surface area (TPSA) is 101 Å². The molecule has 1 fully saturated rings. The second-order valence-electron chi connectivity index (χ2n) is 6.36. The number of ether oxygens (including phenoxy) is 1. The van der Waals surface area contributed by atoms with Crippen LogP contribution in [0.4, 0.5) is 5.69 Å². The molecule has 2 heterocycles. The summed E-state index contributed by atoms with van der Waals surface area (Å²) in [6.45, 7) is 8.69. The molecule has 1 aromatic rings. The number of esters is 1. The summed E-state index contributed by atoms with van der Waals surface area (Å²) < 4.78 is 16.8. The number of hydrogen-bond donors (Lipinski definition) is 0. The summed E-state index contributed by atoms with van der Waals surface area (Å²) >= 11 is 0. The molecule has 0 spiro atoms. The highest BCUT2D eigenvalue weighted by Crippen LogP contribution is 2.36. The van der Waals surface area contributed by atoms with E-state index >= 15 is 0 Å². The van der Waals surface area contributed by atoms with Gasteiger partial charge in [-0.15, -0.1) is 0 Å². The molecule has 1 saturated heterocycles. The van der Waals surface area contributed by atoms with Gasteiger partial charge in [0.2, 0.25) is 0 Å². The summed E-state index contributed by atoms with van der Waals surface area (Å²) in [5, 5.41) is 11.0. The van der Waals surface area contributed by atoms with Gasteiger partial charge in [0.15, 0.2) is 0 Å². The number of aromatic nitrogens is 1. The zero-order valence-electron chi connectivity index (χ0n) is 13.8. The maximum absolute atomic E-state index is 11.0. The molecule has 124 valence electrons. The van der Waals surface area contributed by atoms with E-state index in [0.29, 0.717) is 11.2 Å². The van der Waals surface area contributed by atoms with Crippen LogP contribution in [0.5, 0.6) is 0 Å². The molecule has 0 aromatic carbocycles. The van der Waals surface area contributed by atoms with Crippen molar-refractivity contribution < 1.29 is 23.8 Å². The van der Waals surface area contributed by atoms with Gasteiger partial charge in [-0.2, -0.15) is 0 Å². The van der Waals surface area contributed by atoms with Crippen molar-refractivity contribution >= 4 is 24.2 Å². The molecule has 23 heavy (non-hydrogen) atoms. The first-order chi connectivity index (χ1) is 10.5. The molecule has 1 aliphatic heterocycles. The van der Waals surface area contributed by atoms with Crippen molar-refractivity contribution in [3.63, 3.8) is 0 Å². The van der Waals surface area contributed by atoms with E-state index < -0.39 is 29.2 Å². The minimum absolute atomic E-state index is 0.104. The van der Waals surface area contributed by atoms with E-state index in [2.05, 4.69) is 4.98 Å². The van der Waals surface area contributed by atoms with E-state index in [1.54, 1.807) is 0 Å². The molecule has 0 saturated carbocycles. The summed E-state index contributed by atoms with van der Waals surface area (Å²) in [5.41, 5.74) is -0.619.